The second-order valence-electron chi connectivity index (χ2n) is 8.52. The lowest BCUT2D eigenvalue weighted by Crippen LogP contribution is -2.44. The highest BCUT2D eigenvalue weighted by Gasteiger charge is 2.22. The third-order valence-electron chi connectivity index (χ3n) is 5.79. The molecule has 1 aliphatic rings. The second kappa shape index (κ2) is 11.3. The van der Waals surface area contributed by atoms with Gasteiger partial charge in [-0.15, -0.1) is 0 Å². The highest BCUT2D eigenvalue weighted by molar-refractivity contribution is 7.91. The van der Waals surface area contributed by atoms with Crippen LogP contribution in [0.4, 0.5) is 11.4 Å². The Balaban J connectivity index is 1.58. The van der Waals surface area contributed by atoms with Gasteiger partial charge in [0.1, 0.15) is 6.04 Å². The lowest BCUT2D eigenvalue weighted by atomic mass is 10.1. The van der Waals surface area contributed by atoms with Gasteiger partial charge in [0.25, 0.3) is 0 Å². The van der Waals surface area contributed by atoms with E-state index in [1.807, 2.05) is 38.1 Å². The van der Waals surface area contributed by atoms with Crippen molar-refractivity contribution in [3.8, 4) is 0 Å². The topological polar surface area (TPSA) is 95.6 Å². The monoisotopic (exact) mass is 471 g/mol. The molecule has 1 saturated heterocycles. The van der Waals surface area contributed by atoms with E-state index in [4.69, 9.17) is 0 Å². The maximum Gasteiger partial charge on any atom is 0.246 e. The molecule has 7 nitrogen and oxygen atoms in total. The molecule has 8 heteroatoms. The summed E-state index contributed by atoms with van der Waals surface area (Å²) in [7, 11) is -3.57. The van der Waals surface area contributed by atoms with E-state index < -0.39 is 21.8 Å². The van der Waals surface area contributed by atoms with Crippen molar-refractivity contribution < 1.29 is 18.0 Å². The summed E-state index contributed by atoms with van der Waals surface area (Å²) in [5, 5.41) is 5.62. The van der Waals surface area contributed by atoms with Gasteiger partial charge in [-0.05, 0) is 56.5 Å². The van der Waals surface area contributed by atoms with E-state index in [0.29, 0.717) is 18.5 Å². The molecule has 178 valence electrons. The summed E-state index contributed by atoms with van der Waals surface area (Å²) in [6.45, 7) is 5.84. The first-order valence-corrected chi connectivity index (χ1v) is 13.2. The SMILES string of the molecule is CCCC(NC(=O)CCS(=O)(=O)c1ccc(C)cc1)C(=O)Nc1cccc(N2CCCC2)c1. The average Bonchev–Trinajstić information content (AvgIpc) is 3.33. The summed E-state index contributed by atoms with van der Waals surface area (Å²) in [6.07, 6.45) is 3.30. The Morgan fingerprint density at radius 2 is 1.76 bits per heavy atom. The molecule has 0 spiro atoms. The first-order chi connectivity index (χ1) is 15.8. The number of benzene rings is 2. The average molecular weight is 472 g/mol. The summed E-state index contributed by atoms with van der Waals surface area (Å²) in [4.78, 5) is 27.8. The molecule has 1 fully saturated rings. The highest BCUT2D eigenvalue weighted by atomic mass is 32.2. The minimum atomic E-state index is -3.57. The molecular formula is C25H33N3O4S. The largest absolute Gasteiger partial charge is 0.371 e. The minimum absolute atomic E-state index is 0.196. The zero-order chi connectivity index (χ0) is 23.8. The Kier molecular flexibility index (Phi) is 8.49. The van der Waals surface area contributed by atoms with E-state index in [2.05, 4.69) is 15.5 Å². The second-order valence-corrected chi connectivity index (χ2v) is 10.6. The number of sulfone groups is 1. The van der Waals surface area contributed by atoms with Gasteiger partial charge in [0, 0.05) is 30.9 Å². The molecule has 0 radical (unpaired) electrons. The van der Waals surface area contributed by atoms with Gasteiger partial charge < -0.3 is 15.5 Å². The fourth-order valence-corrected chi connectivity index (χ4v) is 5.14. The molecule has 0 saturated carbocycles. The third-order valence-corrected chi connectivity index (χ3v) is 7.52. The van der Waals surface area contributed by atoms with Crippen LogP contribution in [0.2, 0.25) is 0 Å². The van der Waals surface area contributed by atoms with Crippen molar-refractivity contribution in [2.75, 3.05) is 29.1 Å². The van der Waals surface area contributed by atoms with Crippen LogP contribution in [0.25, 0.3) is 0 Å². The van der Waals surface area contributed by atoms with Crippen molar-refractivity contribution in [3.63, 3.8) is 0 Å². The van der Waals surface area contributed by atoms with Gasteiger partial charge in [-0.25, -0.2) is 8.42 Å². The van der Waals surface area contributed by atoms with Crippen molar-refractivity contribution in [3.05, 3.63) is 54.1 Å². The molecule has 0 aromatic heterocycles. The Morgan fingerprint density at radius 3 is 2.42 bits per heavy atom. The van der Waals surface area contributed by atoms with E-state index in [1.165, 1.54) is 12.8 Å². The Bertz CT molecular complexity index is 1060. The Hall–Kier alpha value is -2.87. The molecule has 3 rings (SSSR count). The normalized spacial score (nSPS) is 14.7. The van der Waals surface area contributed by atoms with Crippen LogP contribution in [0.3, 0.4) is 0 Å². The molecular weight excluding hydrogens is 438 g/mol. The molecule has 33 heavy (non-hydrogen) atoms. The molecule has 2 aromatic rings. The zero-order valence-electron chi connectivity index (χ0n) is 19.3. The summed E-state index contributed by atoms with van der Waals surface area (Å²) in [5.41, 5.74) is 2.72. The Labute approximate surface area is 196 Å². The van der Waals surface area contributed by atoms with Gasteiger partial charge in [-0.2, -0.15) is 0 Å². The third kappa shape index (κ3) is 7.05. The molecule has 2 aromatic carbocycles. The number of nitrogens with one attached hydrogen (secondary N) is 2. The van der Waals surface area contributed by atoms with Crippen molar-refractivity contribution in [2.45, 2.75) is 56.9 Å². The smallest absolute Gasteiger partial charge is 0.246 e. The summed E-state index contributed by atoms with van der Waals surface area (Å²) >= 11 is 0. The van der Waals surface area contributed by atoms with Crippen LogP contribution in [0.15, 0.2) is 53.4 Å². The number of nitrogens with zero attached hydrogens (tertiary/aromatic N) is 1. The lowest BCUT2D eigenvalue weighted by molar-refractivity contribution is -0.126. The fraction of sp³-hybridized carbons (Fsp3) is 0.440. The van der Waals surface area contributed by atoms with Gasteiger partial charge in [0.15, 0.2) is 9.84 Å². The van der Waals surface area contributed by atoms with Crippen molar-refractivity contribution in [1.29, 1.82) is 0 Å². The standard InChI is InChI=1S/C25H33N3O4S/c1-3-7-23(25(30)26-20-8-6-9-21(18-20)28-15-4-5-16-28)27-24(29)14-17-33(31,32)22-12-10-19(2)11-13-22/h6,8-13,18,23H,3-5,7,14-17H2,1-2H3,(H,26,30)(H,27,29). The minimum Gasteiger partial charge on any atom is -0.371 e. The number of rotatable bonds is 10. The zero-order valence-corrected chi connectivity index (χ0v) is 20.2. The quantitative estimate of drug-likeness (QED) is 0.551. The maximum atomic E-state index is 12.9. The van der Waals surface area contributed by atoms with Crippen LogP contribution >= 0.6 is 0 Å². The Morgan fingerprint density at radius 1 is 1.06 bits per heavy atom. The fourth-order valence-electron chi connectivity index (χ4n) is 3.90. The first kappa shape index (κ1) is 24.8. The van der Waals surface area contributed by atoms with Crippen molar-refractivity contribution in [2.24, 2.45) is 0 Å². The van der Waals surface area contributed by atoms with Gasteiger partial charge >= 0.3 is 0 Å². The maximum absolute atomic E-state index is 12.9. The van der Waals surface area contributed by atoms with Crippen LogP contribution in [-0.2, 0) is 19.4 Å². The number of anilines is 2. The number of amides is 2. The van der Waals surface area contributed by atoms with E-state index in [-0.39, 0.29) is 23.0 Å². The highest BCUT2D eigenvalue weighted by Crippen LogP contribution is 2.23. The molecule has 1 atom stereocenters. The molecule has 1 aliphatic heterocycles. The number of carbonyl (C=O) groups excluding carboxylic acids is 2. The molecule has 0 aliphatic carbocycles. The molecule has 2 amide bonds. The van der Waals surface area contributed by atoms with Crippen LogP contribution in [-0.4, -0.2) is 45.1 Å². The number of hydrogen-bond acceptors (Lipinski definition) is 5. The van der Waals surface area contributed by atoms with Crippen LogP contribution in [0, 0.1) is 6.92 Å². The predicted octanol–water partition coefficient (Wildman–Crippen LogP) is 3.68. The van der Waals surface area contributed by atoms with Gasteiger partial charge in [0.2, 0.25) is 11.8 Å². The van der Waals surface area contributed by atoms with Crippen LogP contribution < -0.4 is 15.5 Å². The van der Waals surface area contributed by atoms with Crippen LogP contribution in [0.1, 0.15) is 44.6 Å². The number of aryl methyl sites for hydroxylation is 1. The van der Waals surface area contributed by atoms with E-state index >= 15 is 0 Å². The molecule has 1 heterocycles. The van der Waals surface area contributed by atoms with E-state index in [1.54, 1.807) is 24.3 Å². The number of carbonyl (C=O) groups is 2. The predicted molar refractivity (Wildman–Crippen MR) is 131 cm³/mol. The van der Waals surface area contributed by atoms with Gasteiger partial charge in [0.05, 0.1) is 10.6 Å². The van der Waals surface area contributed by atoms with Crippen LogP contribution in [0.5, 0.6) is 0 Å². The van der Waals surface area contributed by atoms with Gasteiger partial charge in [-0.1, -0.05) is 37.1 Å². The molecule has 0 bridgehead atoms. The van der Waals surface area contributed by atoms with Crippen molar-refractivity contribution >= 4 is 33.0 Å². The van der Waals surface area contributed by atoms with E-state index in [9.17, 15) is 18.0 Å². The summed E-state index contributed by atoms with van der Waals surface area (Å²) in [6, 6.07) is 13.5. The van der Waals surface area contributed by atoms with Crippen molar-refractivity contribution in [1.82, 2.24) is 5.32 Å². The number of hydrogen-bond donors (Lipinski definition) is 2. The molecule has 2 N–H and O–H groups in total. The molecule has 1 unspecified atom stereocenters. The lowest BCUT2D eigenvalue weighted by Gasteiger charge is -2.20. The first-order valence-electron chi connectivity index (χ1n) is 11.5. The van der Waals surface area contributed by atoms with Gasteiger partial charge in [-0.3, -0.25) is 9.59 Å². The summed E-state index contributed by atoms with van der Waals surface area (Å²) in [5.74, 6) is -1.06. The summed E-state index contributed by atoms with van der Waals surface area (Å²) < 4.78 is 25.0. The van der Waals surface area contributed by atoms with E-state index in [0.717, 1.165) is 24.3 Å².